The fourth-order valence-electron chi connectivity index (χ4n) is 1.61. The van der Waals surface area contributed by atoms with E-state index < -0.39 is 5.60 Å². The monoisotopic (exact) mass is 249 g/mol. The first kappa shape index (κ1) is 14.6. The molecule has 0 N–H and O–H groups in total. The SMILES string of the molecule is C=CC(C)(CCCC(C)C)ON=Cc1ccco1. The topological polar surface area (TPSA) is 34.7 Å². The highest BCUT2D eigenvalue weighted by molar-refractivity contribution is 5.74. The molecule has 1 aromatic heterocycles. The second-order valence-corrected chi connectivity index (χ2v) is 5.14. The summed E-state index contributed by atoms with van der Waals surface area (Å²) in [6.45, 7) is 10.3. The maximum atomic E-state index is 5.53. The highest BCUT2D eigenvalue weighted by Gasteiger charge is 2.21. The van der Waals surface area contributed by atoms with Crippen LogP contribution in [0.4, 0.5) is 0 Å². The van der Waals surface area contributed by atoms with Gasteiger partial charge in [-0.1, -0.05) is 32.0 Å². The molecule has 1 rings (SSSR count). The van der Waals surface area contributed by atoms with Gasteiger partial charge in [0.25, 0.3) is 0 Å². The molecule has 3 nitrogen and oxygen atoms in total. The van der Waals surface area contributed by atoms with Crippen molar-refractivity contribution in [3.63, 3.8) is 0 Å². The molecule has 0 radical (unpaired) electrons. The first-order valence-corrected chi connectivity index (χ1v) is 6.44. The minimum absolute atomic E-state index is 0.405. The summed E-state index contributed by atoms with van der Waals surface area (Å²) in [6, 6.07) is 3.65. The molecule has 0 aliphatic carbocycles. The van der Waals surface area contributed by atoms with Crippen molar-refractivity contribution < 1.29 is 9.25 Å². The number of furan rings is 1. The van der Waals surface area contributed by atoms with Crippen molar-refractivity contribution in [3.8, 4) is 0 Å². The maximum Gasteiger partial charge on any atom is 0.152 e. The lowest BCUT2D eigenvalue weighted by molar-refractivity contribution is 0.00210. The molecule has 0 saturated heterocycles. The number of rotatable bonds is 8. The van der Waals surface area contributed by atoms with Crippen molar-refractivity contribution in [3.05, 3.63) is 36.8 Å². The van der Waals surface area contributed by atoms with Gasteiger partial charge >= 0.3 is 0 Å². The molecule has 0 amide bonds. The number of hydrogen-bond donors (Lipinski definition) is 0. The summed E-state index contributed by atoms with van der Waals surface area (Å²) in [5.41, 5.74) is -0.405. The van der Waals surface area contributed by atoms with Crippen molar-refractivity contribution in [1.29, 1.82) is 0 Å². The van der Waals surface area contributed by atoms with Crippen LogP contribution in [0.2, 0.25) is 0 Å². The van der Waals surface area contributed by atoms with Crippen LogP contribution in [0.5, 0.6) is 0 Å². The van der Waals surface area contributed by atoms with Gasteiger partial charge < -0.3 is 9.25 Å². The molecule has 0 aliphatic rings. The van der Waals surface area contributed by atoms with E-state index in [1.807, 2.05) is 25.1 Å². The predicted octanol–water partition coefficient (Wildman–Crippen LogP) is 4.40. The third-order valence-electron chi connectivity index (χ3n) is 2.87. The second kappa shape index (κ2) is 7.04. The van der Waals surface area contributed by atoms with Crippen LogP contribution < -0.4 is 0 Å². The largest absolute Gasteiger partial charge is 0.463 e. The van der Waals surface area contributed by atoms with Gasteiger partial charge in [0, 0.05) is 0 Å². The molecular weight excluding hydrogens is 226 g/mol. The van der Waals surface area contributed by atoms with E-state index in [2.05, 4.69) is 25.6 Å². The van der Waals surface area contributed by atoms with Crippen molar-refractivity contribution in [2.24, 2.45) is 11.1 Å². The molecule has 100 valence electrons. The molecule has 0 saturated carbocycles. The van der Waals surface area contributed by atoms with Gasteiger partial charge in [0.05, 0.1) is 6.26 Å². The zero-order valence-corrected chi connectivity index (χ0v) is 11.6. The Labute approximate surface area is 110 Å². The van der Waals surface area contributed by atoms with Crippen LogP contribution in [0.3, 0.4) is 0 Å². The Hall–Kier alpha value is -1.51. The first-order chi connectivity index (χ1) is 8.56. The molecule has 0 bridgehead atoms. The lowest BCUT2D eigenvalue weighted by Crippen LogP contribution is -2.23. The van der Waals surface area contributed by atoms with Crippen molar-refractivity contribution in [1.82, 2.24) is 0 Å². The Balaban J connectivity index is 2.41. The third-order valence-corrected chi connectivity index (χ3v) is 2.87. The lowest BCUT2D eigenvalue weighted by Gasteiger charge is -2.23. The standard InChI is InChI=1S/C15H23NO2/c1-5-15(4,10-6-8-13(2)3)18-16-12-14-9-7-11-17-14/h5,7,9,11-13H,1,6,8,10H2,2-4H3. The van der Waals surface area contributed by atoms with E-state index in [-0.39, 0.29) is 0 Å². The van der Waals surface area contributed by atoms with E-state index in [9.17, 15) is 0 Å². The van der Waals surface area contributed by atoms with Crippen molar-refractivity contribution >= 4 is 6.21 Å². The summed E-state index contributed by atoms with van der Waals surface area (Å²) in [7, 11) is 0. The van der Waals surface area contributed by atoms with Crippen LogP contribution >= 0.6 is 0 Å². The molecule has 0 aromatic carbocycles. The molecule has 0 fully saturated rings. The summed E-state index contributed by atoms with van der Waals surface area (Å²) in [6.07, 6.45) is 8.21. The molecule has 3 heteroatoms. The van der Waals surface area contributed by atoms with Crippen LogP contribution in [-0.2, 0) is 4.84 Å². The van der Waals surface area contributed by atoms with E-state index in [0.29, 0.717) is 11.7 Å². The number of nitrogens with zero attached hydrogens (tertiary/aromatic N) is 1. The minimum atomic E-state index is -0.405. The van der Waals surface area contributed by atoms with Gasteiger partial charge in [-0.25, -0.2) is 0 Å². The summed E-state index contributed by atoms with van der Waals surface area (Å²) in [5, 5.41) is 3.96. The lowest BCUT2D eigenvalue weighted by atomic mass is 9.96. The van der Waals surface area contributed by atoms with Gasteiger partial charge in [-0.3, -0.25) is 0 Å². The molecule has 1 aromatic rings. The van der Waals surface area contributed by atoms with E-state index in [1.54, 1.807) is 12.5 Å². The van der Waals surface area contributed by atoms with Crippen LogP contribution in [0.15, 0.2) is 40.6 Å². The third kappa shape index (κ3) is 5.21. The van der Waals surface area contributed by atoms with E-state index in [1.165, 1.54) is 6.42 Å². The zero-order valence-electron chi connectivity index (χ0n) is 11.6. The Bertz CT molecular complexity index is 368. The fourth-order valence-corrected chi connectivity index (χ4v) is 1.61. The van der Waals surface area contributed by atoms with Crippen LogP contribution in [0.1, 0.15) is 45.8 Å². The molecule has 1 atom stereocenters. The van der Waals surface area contributed by atoms with Crippen molar-refractivity contribution in [2.45, 2.75) is 45.6 Å². The maximum absolute atomic E-state index is 5.53. The Morgan fingerprint density at radius 3 is 2.89 bits per heavy atom. The summed E-state index contributed by atoms with van der Waals surface area (Å²) >= 11 is 0. The average molecular weight is 249 g/mol. The van der Waals surface area contributed by atoms with Gasteiger partial charge in [0.1, 0.15) is 12.0 Å². The molecular formula is C15H23NO2. The molecule has 18 heavy (non-hydrogen) atoms. The molecule has 1 unspecified atom stereocenters. The molecule has 0 aliphatic heterocycles. The first-order valence-electron chi connectivity index (χ1n) is 6.44. The summed E-state index contributed by atoms with van der Waals surface area (Å²) < 4.78 is 5.14. The second-order valence-electron chi connectivity index (χ2n) is 5.14. The van der Waals surface area contributed by atoms with Crippen LogP contribution in [-0.4, -0.2) is 11.8 Å². The summed E-state index contributed by atoms with van der Waals surface area (Å²) in [4.78, 5) is 5.53. The van der Waals surface area contributed by atoms with Gasteiger partial charge in [0.2, 0.25) is 0 Å². The van der Waals surface area contributed by atoms with E-state index in [4.69, 9.17) is 9.25 Å². The van der Waals surface area contributed by atoms with Crippen molar-refractivity contribution in [2.75, 3.05) is 0 Å². The van der Waals surface area contributed by atoms with Gasteiger partial charge in [-0.2, -0.15) is 0 Å². The number of hydrogen-bond acceptors (Lipinski definition) is 3. The van der Waals surface area contributed by atoms with Crippen LogP contribution in [0.25, 0.3) is 0 Å². The Morgan fingerprint density at radius 1 is 1.56 bits per heavy atom. The minimum Gasteiger partial charge on any atom is -0.463 e. The highest BCUT2D eigenvalue weighted by Crippen LogP contribution is 2.22. The average Bonchev–Trinajstić information content (AvgIpc) is 2.81. The Kier molecular flexibility index (Phi) is 5.69. The molecule has 0 spiro atoms. The van der Waals surface area contributed by atoms with Gasteiger partial charge in [0.15, 0.2) is 5.60 Å². The van der Waals surface area contributed by atoms with E-state index >= 15 is 0 Å². The van der Waals surface area contributed by atoms with Gasteiger partial charge in [-0.05, 0) is 43.9 Å². The zero-order chi connectivity index (χ0) is 13.4. The fraction of sp³-hybridized carbons (Fsp3) is 0.533. The smallest absolute Gasteiger partial charge is 0.152 e. The van der Waals surface area contributed by atoms with Crippen LogP contribution in [0, 0.1) is 5.92 Å². The quantitative estimate of drug-likeness (QED) is 0.389. The summed E-state index contributed by atoms with van der Waals surface area (Å²) in [5.74, 6) is 1.40. The predicted molar refractivity (Wildman–Crippen MR) is 74.7 cm³/mol. The highest BCUT2D eigenvalue weighted by atomic mass is 16.6. The Morgan fingerprint density at radius 2 is 2.33 bits per heavy atom. The normalized spacial score (nSPS) is 14.9. The molecule has 1 heterocycles. The number of oxime groups is 1. The van der Waals surface area contributed by atoms with E-state index in [0.717, 1.165) is 12.8 Å². The van der Waals surface area contributed by atoms with Gasteiger partial charge in [-0.15, -0.1) is 0 Å².